The fraction of sp³-hybridized carbons (Fsp3) is 0.211. The van der Waals surface area contributed by atoms with Crippen LogP contribution in [-0.2, 0) is 13.0 Å². The molecule has 3 rings (SSSR count). The third kappa shape index (κ3) is 4.07. The van der Waals surface area contributed by atoms with Crippen LogP contribution in [0.15, 0.2) is 60.8 Å². The van der Waals surface area contributed by atoms with E-state index in [9.17, 15) is 0 Å². The van der Waals surface area contributed by atoms with Gasteiger partial charge in [-0.3, -0.25) is 0 Å². The summed E-state index contributed by atoms with van der Waals surface area (Å²) >= 11 is 0. The molecule has 5 heteroatoms. The Hall–Kier alpha value is -2.95. The molecule has 0 unspecified atom stereocenters. The first kappa shape index (κ1) is 15.9. The van der Waals surface area contributed by atoms with Crippen LogP contribution in [-0.4, -0.2) is 22.2 Å². The van der Waals surface area contributed by atoms with Gasteiger partial charge in [0, 0.05) is 19.3 Å². The van der Waals surface area contributed by atoms with Crippen LogP contribution in [0.3, 0.4) is 0 Å². The molecule has 1 heterocycles. The van der Waals surface area contributed by atoms with Crippen molar-refractivity contribution in [3.05, 3.63) is 71.9 Å². The topological polar surface area (TPSA) is 53.9 Å². The number of rotatable bonds is 6. The van der Waals surface area contributed by atoms with Crippen molar-refractivity contribution >= 4 is 17.5 Å². The van der Waals surface area contributed by atoms with E-state index in [1.165, 1.54) is 11.1 Å². The van der Waals surface area contributed by atoms with E-state index >= 15 is 0 Å². The van der Waals surface area contributed by atoms with Crippen LogP contribution in [0.25, 0.3) is 0 Å². The van der Waals surface area contributed by atoms with E-state index in [4.69, 9.17) is 0 Å². The summed E-state index contributed by atoms with van der Waals surface area (Å²) < 4.78 is 0. The molecule has 0 fully saturated rings. The minimum absolute atomic E-state index is 0.497. The van der Waals surface area contributed by atoms with Gasteiger partial charge in [-0.25, -0.2) is 0 Å². The maximum atomic E-state index is 4.55. The summed E-state index contributed by atoms with van der Waals surface area (Å²) in [5.74, 6) is 1.28. The minimum atomic E-state index is 0.497. The molecule has 3 aromatic rings. The molecule has 0 saturated carbocycles. The van der Waals surface area contributed by atoms with E-state index in [-0.39, 0.29) is 0 Å². The molecule has 0 aliphatic heterocycles. The fourth-order valence-corrected chi connectivity index (χ4v) is 2.42. The van der Waals surface area contributed by atoms with Crippen molar-refractivity contribution in [3.8, 4) is 0 Å². The number of nitrogens with zero attached hydrogens (tertiary/aromatic N) is 4. The first-order valence-corrected chi connectivity index (χ1v) is 8.05. The summed E-state index contributed by atoms with van der Waals surface area (Å²) in [4.78, 5) is 6.60. The quantitative estimate of drug-likeness (QED) is 0.748. The molecule has 1 aromatic heterocycles. The summed E-state index contributed by atoms with van der Waals surface area (Å²) in [7, 11) is 2.00. The van der Waals surface area contributed by atoms with Gasteiger partial charge >= 0.3 is 0 Å². The lowest BCUT2D eigenvalue weighted by molar-refractivity contribution is 0.866. The van der Waals surface area contributed by atoms with Gasteiger partial charge in [0.25, 0.3) is 0 Å². The van der Waals surface area contributed by atoms with Crippen LogP contribution < -0.4 is 10.2 Å². The molecule has 0 amide bonds. The smallest absolute Gasteiger partial charge is 0.249 e. The van der Waals surface area contributed by atoms with E-state index in [0.717, 1.165) is 24.5 Å². The van der Waals surface area contributed by atoms with Gasteiger partial charge in [-0.05, 0) is 29.7 Å². The Bertz CT molecular complexity index is 771. The Morgan fingerprint density at radius 1 is 0.958 bits per heavy atom. The van der Waals surface area contributed by atoms with E-state index in [1.807, 2.05) is 37.4 Å². The molecule has 0 aliphatic rings. The van der Waals surface area contributed by atoms with Crippen molar-refractivity contribution in [2.75, 3.05) is 17.3 Å². The van der Waals surface area contributed by atoms with Gasteiger partial charge in [0.15, 0.2) is 5.82 Å². The average Bonchev–Trinajstić information content (AvgIpc) is 2.63. The molecule has 122 valence electrons. The summed E-state index contributed by atoms with van der Waals surface area (Å²) in [6, 6.07) is 18.5. The van der Waals surface area contributed by atoms with Crippen molar-refractivity contribution in [2.45, 2.75) is 19.9 Å². The van der Waals surface area contributed by atoms with Gasteiger partial charge in [-0.15, -0.1) is 5.10 Å². The Kier molecular flexibility index (Phi) is 5.01. The van der Waals surface area contributed by atoms with Crippen LogP contribution >= 0.6 is 0 Å². The van der Waals surface area contributed by atoms with Gasteiger partial charge in [0.05, 0.1) is 6.20 Å². The summed E-state index contributed by atoms with van der Waals surface area (Å²) in [6.07, 6.45) is 2.70. The van der Waals surface area contributed by atoms with Crippen LogP contribution in [0.2, 0.25) is 0 Å². The van der Waals surface area contributed by atoms with Crippen molar-refractivity contribution < 1.29 is 0 Å². The molecule has 0 aliphatic carbocycles. The highest BCUT2D eigenvalue weighted by Crippen LogP contribution is 2.17. The van der Waals surface area contributed by atoms with Gasteiger partial charge in [-0.2, -0.15) is 10.1 Å². The number of hydrogen-bond donors (Lipinski definition) is 1. The zero-order chi connectivity index (χ0) is 16.8. The second-order valence-corrected chi connectivity index (χ2v) is 5.66. The highest BCUT2D eigenvalue weighted by molar-refractivity contribution is 5.54. The molecule has 1 N–H and O–H groups in total. The number of hydrogen-bond acceptors (Lipinski definition) is 5. The molecule has 2 aromatic carbocycles. The van der Waals surface area contributed by atoms with E-state index < -0.39 is 0 Å². The number of nitrogens with one attached hydrogen (secondary N) is 1. The number of anilines is 3. The molecular weight excluding hydrogens is 298 g/mol. The maximum Gasteiger partial charge on any atom is 0.249 e. The zero-order valence-electron chi connectivity index (χ0n) is 14.0. The second kappa shape index (κ2) is 7.55. The molecule has 0 atom stereocenters. The summed E-state index contributed by atoms with van der Waals surface area (Å²) in [5, 5.41) is 11.3. The van der Waals surface area contributed by atoms with Gasteiger partial charge < -0.3 is 10.2 Å². The van der Waals surface area contributed by atoms with Crippen molar-refractivity contribution in [1.82, 2.24) is 15.2 Å². The third-order valence-electron chi connectivity index (χ3n) is 3.82. The largest absolute Gasteiger partial charge is 0.354 e. The Morgan fingerprint density at radius 3 is 2.42 bits per heavy atom. The molecule has 0 bridgehead atoms. The van der Waals surface area contributed by atoms with Crippen molar-refractivity contribution in [3.63, 3.8) is 0 Å². The number of aryl methyl sites for hydroxylation is 1. The maximum absolute atomic E-state index is 4.55. The van der Waals surface area contributed by atoms with Gasteiger partial charge in [0.1, 0.15) is 0 Å². The van der Waals surface area contributed by atoms with Gasteiger partial charge in [-0.1, -0.05) is 49.4 Å². The lowest BCUT2D eigenvalue weighted by atomic mass is 10.1. The first-order valence-electron chi connectivity index (χ1n) is 8.05. The minimum Gasteiger partial charge on any atom is -0.354 e. The van der Waals surface area contributed by atoms with Gasteiger partial charge in [0.2, 0.25) is 5.95 Å². The monoisotopic (exact) mass is 319 g/mol. The molecule has 24 heavy (non-hydrogen) atoms. The Labute approximate surface area is 142 Å². The van der Waals surface area contributed by atoms with Crippen LogP contribution in [0.1, 0.15) is 18.1 Å². The predicted molar refractivity (Wildman–Crippen MR) is 97.5 cm³/mol. The molecule has 0 radical (unpaired) electrons. The van der Waals surface area contributed by atoms with E-state index in [2.05, 4.69) is 56.6 Å². The highest BCUT2D eigenvalue weighted by atomic mass is 15.3. The third-order valence-corrected chi connectivity index (χ3v) is 3.82. The molecular formula is C19H21N5. The normalized spacial score (nSPS) is 10.4. The van der Waals surface area contributed by atoms with Crippen LogP contribution in [0, 0.1) is 0 Å². The zero-order valence-corrected chi connectivity index (χ0v) is 14.0. The number of aromatic nitrogens is 3. The average molecular weight is 319 g/mol. The summed E-state index contributed by atoms with van der Waals surface area (Å²) in [6.45, 7) is 2.91. The van der Waals surface area contributed by atoms with Crippen molar-refractivity contribution in [1.29, 1.82) is 0 Å². The fourth-order valence-electron chi connectivity index (χ4n) is 2.42. The lowest BCUT2D eigenvalue weighted by Gasteiger charge is -2.18. The van der Waals surface area contributed by atoms with E-state index in [1.54, 1.807) is 6.20 Å². The standard InChI is InChI=1S/C19H21N5/c1-3-15-9-11-17(12-10-15)21-19-22-18(13-20-23-19)24(2)14-16-7-5-4-6-8-16/h4-13H,3,14H2,1-2H3,(H,21,22,23). The Morgan fingerprint density at radius 2 is 1.71 bits per heavy atom. The SMILES string of the molecule is CCc1ccc(Nc2nncc(N(C)Cc3ccccc3)n2)cc1. The predicted octanol–water partition coefficient (Wildman–Crippen LogP) is 3.81. The first-order chi connectivity index (χ1) is 11.7. The van der Waals surface area contributed by atoms with Crippen LogP contribution in [0.5, 0.6) is 0 Å². The van der Waals surface area contributed by atoms with E-state index in [0.29, 0.717) is 5.95 Å². The lowest BCUT2D eigenvalue weighted by Crippen LogP contribution is -2.18. The van der Waals surface area contributed by atoms with Crippen LogP contribution in [0.4, 0.5) is 17.5 Å². The second-order valence-electron chi connectivity index (χ2n) is 5.66. The number of benzene rings is 2. The molecule has 0 saturated heterocycles. The van der Waals surface area contributed by atoms with Crippen molar-refractivity contribution in [2.24, 2.45) is 0 Å². The Balaban J connectivity index is 1.71. The molecule has 5 nitrogen and oxygen atoms in total. The summed E-state index contributed by atoms with van der Waals surface area (Å²) in [5.41, 5.74) is 3.48. The molecule has 0 spiro atoms. The highest BCUT2D eigenvalue weighted by Gasteiger charge is 2.07.